The number of aromatic nitrogens is 3. The molecule has 1 saturated heterocycles. The van der Waals surface area contributed by atoms with Crippen molar-refractivity contribution in [2.24, 2.45) is 0 Å². The number of aryl methyl sites for hydroxylation is 1. The molecule has 0 amide bonds. The van der Waals surface area contributed by atoms with Gasteiger partial charge in [-0.1, -0.05) is 30.3 Å². The van der Waals surface area contributed by atoms with Crippen LogP contribution in [0.15, 0.2) is 36.7 Å². The monoisotopic (exact) mass is 328 g/mol. The average Bonchev–Trinajstić information content (AvgIpc) is 2.94. The van der Waals surface area contributed by atoms with Crippen molar-refractivity contribution in [2.75, 3.05) is 18.0 Å². The number of anilines is 1. The van der Waals surface area contributed by atoms with Gasteiger partial charge in [-0.2, -0.15) is 0 Å². The molecule has 4 nitrogen and oxygen atoms in total. The number of fused-ring (bicyclic) bond motifs is 1. The SMILES string of the molecule is Cc1c(-c2ccccc2)[nH]c2c(N3CCCCC3)ncnc12.Cl. The van der Waals surface area contributed by atoms with Crippen LogP contribution in [0.3, 0.4) is 0 Å². The first-order valence-electron chi connectivity index (χ1n) is 7.98. The zero-order chi connectivity index (χ0) is 14.9. The third-order valence-corrected chi connectivity index (χ3v) is 4.53. The van der Waals surface area contributed by atoms with E-state index in [4.69, 9.17) is 0 Å². The van der Waals surface area contributed by atoms with Gasteiger partial charge in [0.1, 0.15) is 11.8 Å². The molecule has 0 spiro atoms. The molecule has 120 valence electrons. The van der Waals surface area contributed by atoms with Gasteiger partial charge in [0, 0.05) is 18.7 Å². The maximum absolute atomic E-state index is 4.56. The number of benzene rings is 1. The molecule has 0 bridgehead atoms. The molecular weight excluding hydrogens is 308 g/mol. The molecule has 1 N–H and O–H groups in total. The van der Waals surface area contributed by atoms with Crippen LogP contribution >= 0.6 is 12.4 Å². The molecule has 1 aliphatic heterocycles. The van der Waals surface area contributed by atoms with Crippen molar-refractivity contribution in [1.82, 2.24) is 15.0 Å². The quantitative estimate of drug-likeness (QED) is 0.760. The first kappa shape index (κ1) is 15.8. The standard InChI is InChI=1S/C18H20N4.ClH/c1-13-15(14-8-4-2-5-9-14)21-17-16(13)19-12-20-18(17)22-10-6-3-7-11-22;/h2,4-5,8-9,12,21H,3,6-7,10-11H2,1H3;1H. The predicted octanol–water partition coefficient (Wildman–Crippen LogP) is 4.35. The Morgan fingerprint density at radius 3 is 2.48 bits per heavy atom. The molecule has 0 aliphatic carbocycles. The van der Waals surface area contributed by atoms with E-state index in [2.05, 4.69) is 51.0 Å². The van der Waals surface area contributed by atoms with Crippen LogP contribution in [0.5, 0.6) is 0 Å². The molecule has 4 rings (SSSR count). The Kier molecular flexibility index (Phi) is 4.53. The molecule has 0 atom stereocenters. The van der Waals surface area contributed by atoms with Crippen molar-refractivity contribution in [3.8, 4) is 11.3 Å². The Labute approximate surface area is 142 Å². The van der Waals surface area contributed by atoms with Crippen molar-refractivity contribution in [2.45, 2.75) is 26.2 Å². The van der Waals surface area contributed by atoms with Crippen LogP contribution in [0, 0.1) is 6.92 Å². The zero-order valence-corrected chi connectivity index (χ0v) is 14.1. The van der Waals surface area contributed by atoms with Gasteiger partial charge in [-0.05, 0) is 31.7 Å². The summed E-state index contributed by atoms with van der Waals surface area (Å²) in [4.78, 5) is 15.0. The minimum Gasteiger partial charge on any atom is -0.355 e. The zero-order valence-electron chi connectivity index (χ0n) is 13.2. The normalized spacial score (nSPS) is 14.7. The lowest BCUT2D eigenvalue weighted by atomic mass is 10.1. The van der Waals surface area contributed by atoms with E-state index >= 15 is 0 Å². The van der Waals surface area contributed by atoms with E-state index in [-0.39, 0.29) is 12.4 Å². The summed E-state index contributed by atoms with van der Waals surface area (Å²) in [5.41, 5.74) is 5.65. The summed E-state index contributed by atoms with van der Waals surface area (Å²) >= 11 is 0. The van der Waals surface area contributed by atoms with E-state index in [1.54, 1.807) is 6.33 Å². The van der Waals surface area contributed by atoms with Crippen molar-refractivity contribution in [3.05, 3.63) is 42.2 Å². The Hall–Kier alpha value is -2.07. The highest BCUT2D eigenvalue weighted by Gasteiger charge is 2.19. The van der Waals surface area contributed by atoms with Crippen LogP contribution in [0.2, 0.25) is 0 Å². The van der Waals surface area contributed by atoms with E-state index in [9.17, 15) is 0 Å². The third kappa shape index (κ3) is 2.79. The van der Waals surface area contributed by atoms with Crippen molar-refractivity contribution >= 4 is 29.3 Å². The minimum absolute atomic E-state index is 0. The van der Waals surface area contributed by atoms with Gasteiger partial charge in [-0.15, -0.1) is 12.4 Å². The van der Waals surface area contributed by atoms with Crippen molar-refractivity contribution in [3.63, 3.8) is 0 Å². The first-order chi connectivity index (χ1) is 10.8. The van der Waals surface area contributed by atoms with Crippen molar-refractivity contribution in [1.29, 1.82) is 0 Å². The summed E-state index contributed by atoms with van der Waals surface area (Å²) in [6.07, 6.45) is 5.51. The fraction of sp³-hybridized carbons (Fsp3) is 0.333. The molecule has 3 heterocycles. The molecule has 0 saturated carbocycles. The number of aromatic amines is 1. The van der Waals surface area contributed by atoms with E-state index in [0.29, 0.717) is 0 Å². The molecule has 0 unspecified atom stereocenters. The van der Waals surface area contributed by atoms with Gasteiger partial charge in [-0.3, -0.25) is 0 Å². The van der Waals surface area contributed by atoms with Crippen LogP contribution in [-0.2, 0) is 0 Å². The second kappa shape index (κ2) is 6.59. The number of nitrogens with zero attached hydrogens (tertiary/aromatic N) is 3. The lowest BCUT2D eigenvalue weighted by Gasteiger charge is -2.27. The highest BCUT2D eigenvalue weighted by molar-refractivity contribution is 5.94. The van der Waals surface area contributed by atoms with E-state index in [0.717, 1.165) is 35.6 Å². The predicted molar refractivity (Wildman–Crippen MR) is 97.4 cm³/mol. The molecule has 0 radical (unpaired) electrons. The van der Waals surface area contributed by atoms with Gasteiger partial charge in [0.15, 0.2) is 5.82 Å². The molecule has 23 heavy (non-hydrogen) atoms. The van der Waals surface area contributed by atoms with Crippen LogP contribution in [0.1, 0.15) is 24.8 Å². The molecule has 5 heteroatoms. The number of halogens is 1. The Morgan fingerprint density at radius 2 is 1.74 bits per heavy atom. The van der Waals surface area contributed by atoms with Gasteiger partial charge < -0.3 is 9.88 Å². The summed E-state index contributed by atoms with van der Waals surface area (Å²) in [5, 5.41) is 0. The molecule has 1 aliphatic rings. The first-order valence-corrected chi connectivity index (χ1v) is 7.98. The summed E-state index contributed by atoms with van der Waals surface area (Å²) in [5.74, 6) is 1.05. The summed E-state index contributed by atoms with van der Waals surface area (Å²) in [6, 6.07) is 10.4. The highest BCUT2D eigenvalue weighted by Crippen LogP contribution is 2.32. The van der Waals surface area contributed by atoms with E-state index in [1.807, 2.05) is 6.07 Å². The van der Waals surface area contributed by atoms with Crippen LogP contribution in [0.25, 0.3) is 22.3 Å². The lowest BCUT2D eigenvalue weighted by molar-refractivity contribution is 0.574. The van der Waals surface area contributed by atoms with E-state index < -0.39 is 0 Å². The van der Waals surface area contributed by atoms with Gasteiger partial charge in [0.05, 0.1) is 11.2 Å². The fourth-order valence-corrected chi connectivity index (χ4v) is 3.35. The second-order valence-electron chi connectivity index (χ2n) is 5.96. The van der Waals surface area contributed by atoms with Crippen molar-refractivity contribution < 1.29 is 0 Å². The topological polar surface area (TPSA) is 44.8 Å². The molecule has 2 aromatic heterocycles. The molecule has 1 fully saturated rings. The maximum atomic E-state index is 4.56. The number of H-pyrrole nitrogens is 1. The summed E-state index contributed by atoms with van der Waals surface area (Å²) in [6.45, 7) is 4.31. The third-order valence-electron chi connectivity index (χ3n) is 4.53. The van der Waals surface area contributed by atoms with Crippen LogP contribution in [-0.4, -0.2) is 28.0 Å². The van der Waals surface area contributed by atoms with Gasteiger partial charge in [0.25, 0.3) is 0 Å². The Bertz CT molecular complexity index is 791. The van der Waals surface area contributed by atoms with Gasteiger partial charge in [0.2, 0.25) is 0 Å². The van der Waals surface area contributed by atoms with Crippen LogP contribution in [0.4, 0.5) is 5.82 Å². The Balaban J connectivity index is 0.00000156. The molecular formula is C18H21ClN4. The number of nitrogens with one attached hydrogen (secondary N) is 1. The molecule has 3 aromatic rings. The highest BCUT2D eigenvalue weighted by atomic mass is 35.5. The van der Waals surface area contributed by atoms with Gasteiger partial charge in [-0.25, -0.2) is 9.97 Å². The molecule has 1 aromatic carbocycles. The number of rotatable bonds is 2. The van der Waals surface area contributed by atoms with E-state index in [1.165, 1.54) is 30.4 Å². The summed E-state index contributed by atoms with van der Waals surface area (Å²) < 4.78 is 0. The number of piperidine rings is 1. The minimum atomic E-state index is 0. The maximum Gasteiger partial charge on any atom is 0.156 e. The average molecular weight is 329 g/mol. The van der Waals surface area contributed by atoms with Gasteiger partial charge >= 0.3 is 0 Å². The Morgan fingerprint density at radius 1 is 1.00 bits per heavy atom. The summed E-state index contributed by atoms with van der Waals surface area (Å²) in [7, 11) is 0. The van der Waals surface area contributed by atoms with Crippen LogP contribution < -0.4 is 4.90 Å². The largest absolute Gasteiger partial charge is 0.355 e. The second-order valence-corrected chi connectivity index (χ2v) is 5.96. The lowest BCUT2D eigenvalue weighted by Crippen LogP contribution is -2.30. The number of hydrogen-bond donors (Lipinski definition) is 1. The number of hydrogen-bond acceptors (Lipinski definition) is 3. The fourth-order valence-electron chi connectivity index (χ4n) is 3.35. The smallest absolute Gasteiger partial charge is 0.156 e.